The lowest BCUT2D eigenvalue weighted by atomic mass is 9.90. The van der Waals surface area contributed by atoms with Gasteiger partial charge in [0.2, 0.25) is 11.8 Å². The van der Waals surface area contributed by atoms with Crippen LogP contribution in [0.25, 0.3) is 11.1 Å². The number of hydrogen-bond acceptors (Lipinski definition) is 8. The van der Waals surface area contributed by atoms with Crippen LogP contribution >= 0.6 is 11.3 Å². The van der Waals surface area contributed by atoms with Crippen molar-refractivity contribution in [1.29, 1.82) is 0 Å². The number of carbonyl (C=O) groups is 5. The molecule has 0 saturated heterocycles. The van der Waals surface area contributed by atoms with Crippen molar-refractivity contribution in [2.24, 2.45) is 11.8 Å². The van der Waals surface area contributed by atoms with Crippen LogP contribution in [0.5, 0.6) is 5.75 Å². The maximum atomic E-state index is 14.4. The molecule has 56 heavy (non-hydrogen) atoms. The largest absolute Gasteiger partial charge is 0.486 e. The molecule has 1 aromatic heterocycles. The predicted molar refractivity (Wildman–Crippen MR) is 216 cm³/mol. The molecule has 0 unspecified atom stereocenters. The zero-order valence-corrected chi connectivity index (χ0v) is 32.2. The summed E-state index contributed by atoms with van der Waals surface area (Å²) < 4.78 is 10.9. The van der Waals surface area contributed by atoms with Gasteiger partial charge in [0.05, 0.1) is 19.1 Å². The van der Waals surface area contributed by atoms with Crippen LogP contribution in [0.1, 0.15) is 40.8 Å². The second-order valence-electron chi connectivity index (χ2n) is 14.2. The molecule has 9 nitrogen and oxygen atoms in total. The highest BCUT2D eigenvalue weighted by Gasteiger charge is 2.33. The number of ether oxygens (including phenoxy) is 2. The van der Waals surface area contributed by atoms with Crippen molar-refractivity contribution in [3.63, 3.8) is 0 Å². The minimum absolute atomic E-state index is 0.0963. The molecule has 5 aromatic rings. The molecule has 2 amide bonds. The summed E-state index contributed by atoms with van der Waals surface area (Å²) in [6, 6.07) is 36.1. The minimum Gasteiger partial charge on any atom is -0.486 e. The first-order chi connectivity index (χ1) is 27.2. The number of amides is 2. The van der Waals surface area contributed by atoms with E-state index in [0.717, 1.165) is 32.7 Å². The Kier molecular flexibility index (Phi) is 14.0. The van der Waals surface area contributed by atoms with Crippen LogP contribution in [-0.2, 0) is 54.4 Å². The number of nitrogens with one attached hydrogen (secondary N) is 2. The van der Waals surface area contributed by atoms with E-state index in [0.29, 0.717) is 18.6 Å². The number of ketones is 2. The quantitative estimate of drug-likeness (QED) is 0.159. The summed E-state index contributed by atoms with van der Waals surface area (Å²) in [7, 11) is 1.29. The van der Waals surface area contributed by atoms with Crippen molar-refractivity contribution in [1.82, 2.24) is 10.6 Å². The topological polar surface area (TPSA) is 128 Å². The van der Waals surface area contributed by atoms with Gasteiger partial charge in [0.1, 0.15) is 18.4 Å². The predicted octanol–water partition coefficient (Wildman–Crippen LogP) is 6.76. The number of benzene rings is 4. The molecule has 0 radical (unpaired) electrons. The average molecular weight is 771 g/mol. The summed E-state index contributed by atoms with van der Waals surface area (Å²) in [6.07, 6.45) is 1.16. The van der Waals surface area contributed by atoms with E-state index in [4.69, 9.17) is 9.47 Å². The molecule has 4 atom stereocenters. The fourth-order valence-electron chi connectivity index (χ4n) is 6.96. The Morgan fingerprint density at radius 1 is 0.696 bits per heavy atom. The van der Waals surface area contributed by atoms with Gasteiger partial charge in [-0.15, -0.1) is 11.3 Å². The van der Waals surface area contributed by atoms with E-state index in [9.17, 15) is 24.0 Å². The number of rotatable bonds is 9. The fraction of sp³-hybridized carbons (Fsp3) is 0.283. The molecule has 2 aliphatic rings. The first kappa shape index (κ1) is 39.8. The summed E-state index contributed by atoms with van der Waals surface area (Å²) in [5.41, 5.74) is 4.61. The standard InChI is InChI=1S/C46H46N2O7S/c1-54-46(53)37-25-32-16-21-39(22-17-32)55-30-38(49)27-36(28-40-13-8-24-56-40)44(51)48-42(26-33-14-19-35(20-15-33)34-11-6-3-7-12-34)45(52)47-41(43(50)29-37)23-18-31-9-4-2-5-10-31/h2-17,19-22,24,36-37,41-42H,18,23,25-30H2,1H3,(H,47,52)(H,48,51)/t36-,37+,41-,42+/m0/s1. The van der Waals surface area contributed by atoms with Gasteiger partial charge in [-0.25, -0.2) is 0 Å². The molecule has 2 aliphatic heterocycles. The number of methoxy groups -OCH3 is 1. The summed E-state index contributed by atoms with van der Waals surface area (Å²) >= 11 is 1.49. The van der Waals surface area contributed by atoms with E-state index in [2.05, 4.69) is 10.6 Å². The fourth-order valence-corrected chi connectivity index (χ4v) is 7.75. The molecule has 10 heteroatoms. The van der Waals surface area contributed by atoms with Crippen LogP contribution in [0.4, 0.5) is 0 Å². The molecule has 2 N–H and O–H groups in total. The lowest BCUT2D eigenvalue weighted by Gasteiger charge is -2.26. The van der Waals surface area contributed by atoms with Crippen LogP contribution in [0.2, 0.25) is 0 Å². The number of hydrogen-bond donors (Lipinski definition) is 2. The Labute approximate surface area is 331 Å². The van der Waals surface area contributed by atoms with E-state index >= 15 is 0 Å². The zero-order chi connectivity index (χ0) is 39.3. The number of thiophene rings is 1. The average Bonchev–Trinajstić information content (AvgIpc) is 3.75. The Balaban J connectivity index is 1.33. The number of fused-ring (bicyclic) bond motifs is 16. The minimum atomic E-state index is -1.08. The van der Waals surface area contributed by atoms with Gasteiger partial charge in [-0.05, 0) is 77.1 Å². The number of Topliss-reactive ketones (excluding diaryl/α,β-unsaturated/α-hetero) is 2. The van der Waals surface area contributed by atoms with Gasteiger partial charge in [0.15, 0.2) is 11.6 Å². The van der Waals surface area contributed by atoms with Gasteiger partial charge in [0, 0.05) is 30.1 Å². The molecular weight excluding hydrogens is 725 g/mol. The van der Waals surface area contributed by atoms with Crippen molar-refractivity contribution in [2.75, 3.05) is 13.7 Å². The zero-order valence-electron chi connectivity index (χ0n) is 31.4. The highest BCUT2D eigenvalue weighted by Crippen LogP contribution is 2.24. The summed E-state index contributed by atoms with van der Waals surface area (Å²) in [5, 5.41) is 7.87. The van der Waals surface area contributed by atoms with Crippen LogP contribution < -0.4 is 15.4 Å². The molecule has 0 saturated carbocycles. The normalized spacial score (nSPS) is 19.8. The van der Waals surface area contributed by atoms with Crippen molar-refractivity contribution in [3.05, 3.63) is 148 Å². The lowest BCUT2D eigenvalue weighted by Crippen LogP contribution is -2.54. The second-order valence-corrected chi connectivity index (χ2v) is 15.2. The van der Waals surface area contributed by atoms with Gasteiger partial charge < -0.3 is 20.1 Å². The molecule has 4 aromatic carbocycles. The van der Waals surface area contributed by atoms with Crippen molar-refractivity contribution >= 4 is 40.7 Å². The maximum absolute atomic E-state index is 14.4. The third kappa shape index (κ3) is 11.3. The van der Waals surface area contributed by atoms with Gasteiger partial charge in [0.25, 0.3) is 0 Å². The summed E-state index contributed by atoms with van der Waals surface area (Å²) in [6.45, 7) is -0.242. The lowest BCUT2D eigenvalue weighted by molar-refractivity contribution is -0.147. The van der Waals surface area contributed by atoms with Crippen molar-refractivity contribution in [3.8, 4) is 16.9 Å². The SMILES string of the molecule is COC(=O)[C@H]1CC(=O)[C@H](CCc2ccccc2)NC(=O)[C@@H](Cc2ccc(-c3ccccc3)cc2)NC(=O)[C@H](Cc2cccs2)CC(=O)COc2ccc(cc2)C1. The highest BCUT2D eigenvalue weighted by atomic mass is 32.1. The molecule has 288 valence electrons. The third-order valence-corrected chi connectivity index (χ3v) is 11.0. The van der Waals surface area contributed by atoms with Crippen LogP contribution in [0.3, 0.4) is 0 Å². The Morgan fingerprint density at radius 2 is 1.38 bits per heavy atom. The Morgan fingerprint density at radius 3 is 2.05 bits per heavy atom. The van der Waals surface area contributed by atoms with Gasteiger partial charge in [-0.1, -0.05) is 103 Å². The van der Waals surface area contributed by atoms with Gasteiger partial charge in [-0.2, -0.15) is 0 Å². The summed E-state index contributed by atoms with van der Waals surface area (Å²) in [4.78, 5) is 70.2. The smallest absolute Gasteiger partial charge is 0.309 e. The second kappa shape index (κ2) is 19.6. The van der Waals surface area contributed by atoms with Crippen LogP contribution in [-0.4, -0.2) is 55.2 Å². The van der Waals surface area contributed by atoms with Crippen LogP contribution in [0.15, 0.2) is 127 Å². The first-order valence-electron chi connectivity index (χ1n) is 18.9. The number of carbonyl (C=O) groups excluding carboxylic acids is 5. The molecule has 2 bridgehead atoms. The Bertz CT molecular complexity index is 2070. The number of aryl methyl sites for hydroxylation is 1. The number of esters is 1. The molecular formula is C46H46N2O7S. The van der Waals surface area contributed by atoms with Crippen molar-refractivity contribution < 1.29 is 33.4 Å². The van der Waals surface area contributed by atoms with E-state index in [1.807, 2.05) is 102 Å². The third-order valence-electron chi connectivity index (χ3n) is 10.1. The van der Waals surface area contributed by atoms with Crippen molar-refractivity contribution in [2.45, 2.75) is 57.0 Å². The van der Waals surface area contributed by atoms with E-state index < -0.39 is 41.7 Å². The Hall–Kier alpha value is -5.87. The molecule has 0 fully saturated rings. The molecule has 7 rings (SSSR count). The van der Waals surface area contributed by atoms with E-state index in [-0.39, 0.29) is 50.3 Å². The molecule has 0 aliphatic carbocycles. The summed E-state index contributed by atoms with van der Waals surface area (Å²) in [5.74, 6) is -3.24. The van der Waals surface area contributed by atoms with Crippen LogP contribution in [0, 0.1) is 11.8 Å². The van der Waals surface area contributed by atoms with E-state index in [1.54, 1.807) is 24.3 Å². The molecule has 3 heterocycles. The molecule has 0 spiro atoms. The van der Waals surface area contributed by atoms with E-state index in [1.165, 1.54) is 18.4 Å². The van der Waals surface area contributed by atoms with Gasteiger partial charge >= 0.3 is 5.97 Å². The first-order valence-corrected chi connectivity index (χ1v) is 19.8. The van der Waals surface area contributed by atoms with Gasteiger partial charge in [-0.3, -0.25) is 24.0 Å². The monoisotopic (exact) mass is 770 g/mol. The maximum Gasteiger partial charge on any atom is 0.309 e. The highest BCUT2D eigenvalue weighted by molar-refractivity contribution is 7.09.